The van der Waals surface area contributed by atoms with Crippen molar-refractivity contribution < 1.29 is 9.47 Å². The lowest BCUT2D eigenvalue weighted by atomic mass is 10.1. The summed E-state index contributed by atoms with van der Waals surface area (Å²) >= 11 is 0. The summed E-state index contributed by atoms with van der Waals surface area (Å²) in [5.41, 5.74) is 0. The molecule has 1 atom stereocenters. The second-order valence-corrected chi connectivity index (χ2v) is 6.76. The average Bonchev–Trinajstić information content (AvgIpc) is 3.53. The zero-order valence-electron chi connectivity index (χ0n) is 15.2. The number of nitrogens with one attached hydrogen (secondary N) is 1. The van der Waals surface area contributed by atoms with Gasteiger partial charge >= 0.3 is 0 Å². The minimum atomic E-state index is 0.284. The molecule has 8 heteroatoms. The summed E-state index contributed by atoms with van der Waals surface area (Å²) in [5.74, 6) is 4.06. The quantitative estimate of drug-likeness (QED) is 0.843. The predicted molar refractivity (Wildman–Crippen MR) is 98.0 cm³/mol. The molecule has 26 heavy (non-hydrogen) atoms. The van der Waals surface area contributed by atoms with E-state index in [0.29, 0.717) is 23.6 Å². The first-order valence-corrected chi connectivity index (χ1v) is 9.06. The molecule has 138 valence electrons. The van der Waals surface area contributed by atoms with Gasteiger partial charge in [-0.25, -0.2) is 9.97 Å². The maximum atomic E-state index is 5.26. The van der Waals surface area contributed by atoms with Crippen LogP contribution in [0.15, 0.2) is 18.3 Å². The topological polar surface area (TPSA) is 85.3 Å². The van der Waals surface area contributed by atoms with Crippen molar-refractivity contribution in [2.45, 2.75) is 37.6 Å². The highest BCUT2D eigenvalue weighted by atomic mass is 16.5. The van der Waals surface area contributed by atoms with Crippen molar-refractivity contribution in [1.82, 2.24) is 19.9 Å². The van der Waals surface area contributed by atoms with E-state index in [4.69, 9.17) is 9.47 Å². The van der Waals surface area contributed by atoms with Crippen molar-refractivity contribution >= 4 is 11.8 Å². The van der Waals surface area contributed by atoms with E-state index < -0.39 is 0 Å². The third kappa shape index (κ3) is 3.79. The van der Waals surface area contributed by atoms with Crippen LogP contribution >= 0.6 is 0 Å². The van der Waals surface area contributed by atoms with Crippen LogP contribution in [0.2, 0.25) is 0 Å². The Morgan fingerprint density at radius 1 is 1.08 bits per heavy atom. The Bertz CT molecular complexity index is 745. The van der Waals surface area contributed by atoms with Gasteiger partial charge in [0.25, 0.3) is 0 Å². The van der Waals surface area contributed by atoms with Crippen LogP contribution in [0, 0.1) is 0 Å². The maximum absolute atomic E-state index is 5.26. The second kappa shape index (κ2) is 7.31. The van der Waals surface area contributed by atoms with Crippen LogP contribution in [0.3, 0.4) is 0 Å². The molecule has 1 N–H and O–H groups in total. The molecule has 0 radical (unpaired) electrons. The minimum absolute atomic E-state index is 0.284. The van der Waals surface area contributed by atoms with Gasteiger partial charge in [-0.2, -0.15) is 9.97 Å². The van der Waals surface area contributed by atoms with E-state index in [-0.39, 0.29) is 6.04 Å². The molecule has 2 aromatic heterocycles. The third-order valence-electron chi connectivity index (χ3n) is 4.76. The lowest BCUT2D eigenvalue weighted by molar-refractivity contribution is 0.370. The Labute approximate surface area is 153 Å². The highest BCUT2D eigenvalue weighted by molar-refractivity contribution is 5.40. The Balaban J connectivity index is 1.46. The van der Waals surface area contributed by atoms with Gasteiger partial charge in [-0.15, -0.1) is 0 Å². The molecular weight excluding hydrogens is 332 g/mol. The molecule has 0 aromatic carbocycles. The van der Waals surface area contributed by atoms with Gasteiger partial charge in [0.05, 0.1) is 20.3 Å². The van der Waals surface area contributed by atoms with E-state index in [2.05, 4.69) is 30.2 Å². The zero-order valence-corrected chi connectivity index (χ0v) is 15.2. The van der Waals surface area contributed by atoms with Gasteiger partial charge in [0.15, 0.2) is 0 Å². The molecule has 2 aromatic rings. The molecule has 8 nitrogen and oxygen atoms in total. The van der Waals surface area contributed by atoms with Gasteiger partial charge < -0.3 is 19.7 Å². The molecule has 2 aliphatic rings. The van der Waals surface area contributed by atoms with E-state index in [9.17, 15) is 0 Å². The Morgan fingerprint density at radius 3 is 2.54 bits per heavy atom. The van der Waals surface area contributed by atoms with Crippen LogP contribution in [0.4, 0.5) is 11.8 Å². The summed E-state index contributed by atoms with van der Waals surface area (Å²) < 4.78 is 10.5. The monoisotopic (exact) mass is 356 g/mol. The van der Waals surface area contributed by atoms with Crippen LogP contribution in [0.5, 0.6) is 11.8 Å². The first-order valence-electron chi connectivity index (χ1n) is 9.06. The van der Waals surface area contributed by atoms with Gasteiger partial charge in [-0.1, -0.05) is 0 Å². The molecule has 1 saturated heterocycles. The lowest BCUT2D eigenvalue weighted by Gasteiger charge is -2.33. The molecule has 0 spiro atoms. The van der Waals surface area contributed by atoms with E-state index in [1.54, 1.807) is 20.3 Å². The molecule has 1 aliphatic heterocycles. The molecule has 0 bridgehead atoms. The van der Waals surface area contributed by atoms with Crippen LogP contribution in [-0.4, -0.2) is 53.3 Å². The van der Waals surface area contributed by atoms with Gasteiger partial charge in [-0.3, -0.25) is 0 Å². The highest BCUT2D eigenvalue weighted by Crippen LogP contribution is 2.38. The van der Waals surface area contributed by atoms with Crippen molar-refractivity contribution in [3.8, 4) is 11.8 Å². The number of ether oxygens (including phenoxy) is 2. The van der Waals surface area contributed by atoms with Gasteiger partial charge in [0.1, 0.15) is 11.6 Å². The van der Waals surface area contributed by atoms with E-state index in [1.165, 1.54) is 12.8 Å². The zero-order chi connectivity index (χ0) is 17.9. The van der Waals surface area contributed by atoms with Crippen molar-refractivity contribution in [1.29, 1.82) is 0 Å². The van der Waals surface area contributed by atoms with Gasteiger partial charge in [0.2, 0.25) is 17.7 Å². The predicted octanol–water partition coefficient (Wildman–Crippen LogP) is 2.24. The summed E-state index contributed by atoms with van der Waals surface area (Å²) in [4.78, 5) is 20.2. The smallest absolute Gasteiger partial charge is 0.232 e. The van der Waals surface area contributed by atoms with E-state index >= 15 is 0 Å². The highest BCUT2D eigenvalue weighted by Gasteiger charge is 2.27. The fourth-order valence-electron chi connectivity index (χ4n) is 3.22. The number of hydrogen-bond donors (Lipinski definition) is 1. The number of methoxy groups -OCH3 is 2. The number of rotatable bonds is 6. The van der Waals surface area contributed by atoms with Gasteiger partial charge in [0, 0.05) is 31.2 Å². The van der Waals surface area contributed by atoms with Crippen LogP contribution < -0.4 is 19.7 Å². The second-order valence-electron chi connectivity index (χ2n) is 6.76. The summed E-state index contributed by atoms with van der Waals surface area (Å²) in [6.07, 6.45) is 6.40. The van der Waals surface area contributed by atoms with E-state index in [0.717, 1.165) is 37.6 Å². The molecule has 4 rings (SSSR count). The standard InChI is InChI=1S/C18H24N6O2/c1-25-15-10-16(26-2)23-18(22-15)24-9-3-4-13(11-24)20-14-7-8-19-17(21-14)12-5-6-12/h7-8,10,12-13H,3-6,9,11H2,1-2H3,(H,19,20,21). The fourth-order valence-corrected chi connectivity index (χ4v) is 3.22. The Morgan fingerprint density at radius 2 is 1.85 bits per heavy atom. The van der Waals surface area contributed by atoms with Gasteiger partial charge in [-0.05, 0) is 31.7 Å². The normalized spacial score (nSPS) is 19.9. The molecule has 3 heterocycles. The number of piperidine rings is 1. The minimum Gasteiger partial charge on any atom is -0.481 e. The van der Waals surface area contributed by atoms with Crippen LogP contribution in [-0.2, 0) is 0 Å². The fraction of sp³-hybridized carbons (Fsp3) is 0.556. The molecule has 2 fully saturated rings. The summed E-state index contributed by atoms with van der Waals surface area (Å²) in [6, 6.07) is 3.91. The largest absolute Gasteiger partial charge is 0.481 e. The van der Waals surface area contributed by atoms with Crippen molar-refractivity contribution in [3.05, 3.63) is 24.2 Å². The first-order chi connectivity index (χ1) is 12.7. The SMILES string of the molecule is COc1cc(OC)nc(N2CCCC(Nc3ccnc(C4CC4)n3)C2)n1. The van der Waals surface area contributed by atoms with Crippen molar-refractivity contribution in [3.63, 3.8) is 0 Å². The van der Waals surface area contributed by atoms with Crippen molar-refractivity contribution in [2.24, 2.45) is 0 Å². The first kappa shape index (κ1) is 16.8. The number of nitrogens with zero attached hydrogens (tertiary/aromatic N) is 5. The molecule has 1 saturated carbocycles. The molecule has 1 unspecified atom stereocenters. The van der Waals surface area contributed by atoms with Crippen molar-refractivity contribution in [2.75, 3.05) is 37.5 Å². The van der Waals surface area contributed by atoms with E-state index in [1.807, 2.05) is 12.3 Å². The molecular formula is C18H24N6O2. The lowest BCUT2D eigenvalue weighted by Crippen LogP contribution is -2.43. The Hall–Kier alpha value is -2.64. The number of hydrogen-bond acceptors (Lipinski definition) is 8. The summed E-state index contributed by atoms with van der Waals surface area (Å²) in [5, 5.41) is 3.55. The summed E-state index contributed by atoms with van der Waals surface area (Å²) in [7, 11) is 3.19. The van der Waals surface area contributed by atoms with Crippen LogP contribution in [0.25, 0.3) is 0 Å². The van der Waals surface area contributed by atoms with Crippen LogP contribution in [0.1, 0.15) is 37.4 Å². The number of aromatic nitrogens is 4. The summed E-state index contributed by atoms with van der Waals surface area (Å²) in [6.45, 7) is 1.71. The molecule has 1 aliphatic carbocycles. The third-order valence-corrected chi connectivity index (χ3v) is 4.76. The Kier molecular flexibility index (Phi) is 4.73. The molecule has 0 amide bonds. The maximum Gasteiger partial charge on any atom is 0.232 e. The number of anilines is 2. The average molecular weight is 356 g/mol.